The van der Waals surface area contributed by atoms with Crippen molar-refractivity contribution in [3.05, 3.63) is 34.3 Å². The predicted molar refractivity (Wildman–Crippen MR) is 74.4 cm³/mol. The summed E-state index contributed by atoms with van der Waals surface area (Å²) in [5.74, 6) is -0.692. The third kappa shape index (κ3) is 2.75. The molecule has 18 heavy (non-hydrogen) atoms. The lowest BCUT2D eigenvalue weighted by Gasteiger charge is -2.24. The second-order valence-electron chi connectivity index (χ2n) is 5.11. The van der Waals surface area contributed by atoms with Gasteiger partial charge < -0.3 is 5.11 Å². The molecular weight excluding hydrogens is 294 g/mol. The lowest BCUT2D eigenvalue weighted by Crippen LogP contribution is -2.26. The molecule has 1 heterocycles. The fourth-order valence-electron chi connectivity index (χ4n) is 2.62. The lowest BCUT2D eigenvalue weighted by atomic mass is 9.99. The van der Waals surface area contributed by atoms with Crippen LogP contribution in [0.5, 0.6) is 0 Å². The average molecular weight is 312 g/mol. The van der Waals surface area contributed by atoms with Crippen molar-refractivity contribution in [3.8, 4) is 0 Å². The Kier molecular flexibility index (Phi) is 4.07. The summed E-state index contributed by atoms with van der Waals surface area (Å²) in [7, 11) is 0. The molecule has 98 valence electrons. The second kappa shape index (κ2) is 5.41. The fourth-order valence-corrected chi connectivity index (χ4v) is 3.04. The standard InChI is InChI=1S/C14H18BrNO2/c1-9-7-16(8-13(9)14(17)18)10(2)11-4-3-5-12(15)6-11/h3-6,9-10,13H,7-8H2,1-2H3,(H,17,18)/t9-,10?,13-/m1/s1. The average Bonchev–Trinajstić information content (AvgIpc) is 2.70. The normalized spacial score (nSPS) is 26.2. The quantitative estimate of drug-likeness (QED) is 0.932. The first-order valence-corrected chi connectivity index (χ1v) is 7.00. The Bertz CT molecular complexity index is 449. The maximum Gasteiger partial charge on any atom is 0.308 e. The molecule has 1 fully saturated rings. The zero-order valence-electron chi connectivity index (χ0n) is 10.6. The molecule has 1 saturated heterocycles. The highest BCUT2D eigenvalue weighted by Crippen LogP contribution is 2.31. The van der Waals surface area contributed by atoms with Gasteiger partial charge >= 0.3 is 5.97 Å². The third-order valence-electron chi connectivity index (χ3n) is 3.84. The van der Waals surface area contributed by atoms with Gasteiger partial charge in [-0.1, -0.05) is 35.0 Å². The number of benzene rings is 1. The summed E-state index contributed by atoms with van der Waals surface area (Å²) >= 11 is 3.47. The van der Waals surface area contributed by atoms with Crippen molar-refractivity contribution in [2.24, 2.45) is 11.8 Å². The number of carbonyl (C=O) groups is 1. The van der Waals surface area contributed by atoms with Gasteiger partial charge in [0.2, 0.25) is 0 Å². The Morgan fingerprint density at radius 1 is 1.50 bits per heavy atom. The molecule has 0 spiro atoms. The van der Waals surface area contributed by atoms with E-state index in [4.69, 9.17) is 5.11 Å². The number of carboxylic acids is 1. The van der Waals surface area contributed by atoms with Crippen molar-refractivity contribution in [2.45, 2.75) is 19.9 Å². The number of hydrogen-bond donors (Lipinski definition) is 1. The molecule has 4 heteroatoms. The molecule has 0 amide bonds. The van der Waals surface area contributed by atoms with E-state index >= 15 is 0 Å². The van der Waals surface area contributed by atoms with Gasteiger partial charge in [0.1, 0.15) is 0 Å². The molecular formula is C14H18BrNO2. The summed E-state index contributed by atoms with van der Waals surface area (Å²) in [5.41, 5.74) is 1.22. The summed E-state index contributed by atoms with van der Waals surface area (Å²) in [5, 5.41) is 9.16. The molecule has 1 aliphatic heterocycles. The smallest absolute Gasteiger partial charge is 0.308 e. The van der Waals surface area contributed by atoms with Crippen LogP contribution in [0, 0.1) is 11.8 Å². The van der Waals surface area contributed by atoms with Crippen LogP contribution in [0.4, 0.5) is 0 Å². The van der Waals surface area contributed by atoms with Gasteiger partial charge in [-0.05, 0) is 30.5 Å². The Morgan fingerprint density at radius 2 is 2.22 bits per heavy atom. The Morgan fingerprint density at radius 3 is 2.78 bits per heavy atom. The minimum absolute atomic E-state index is 0.220. The molecule has 0 aliphatic carbocycles. The molecule has 3 atom stereocenters. The highest BCUT2D eigenvalue weighted by atomic mass is 79.9. The van der Waals surface area contributed by atoms with E-state index in [1.54, 1.807) is 0 Å². The molecule has 1 unspecified atom stereocenters. The van der Waals surface area contributed by atoms with E-state index in [0.717, 1.165) is 11.0 Å². The molecule has 0 aromatic heterocycles. The molecule has 0 bridgehead atoms. The fraction of sp³-hybridized carbons (Fsp3) is 0.500. The number of aliphatic carboxylic acids is 1. The molecule has 0 radical (unpaired) electrons. The highest BCUT2D eigenvalue weighted by molar-refractivity contribution is 9.10. The highest BCUT2D eigenvalue weighted by Gasteiger charge is 2.36. The summed E-state index contributed by atoms with van der Waals surface area (Å²) < 4.78 is 1.06. The van der Waals surface area contributed by atoms with E-state index in [-0.39, 0.29) is 17.9 Å². The van der Waals surface area contributed by atoms with Gasteiger partial charge in [-0.2, -0.15) is 0 Å². The minimum Gasteiger partial charge on any atom is -0.481 e. The van der Waals surface area contributed by atoms with E-state index in [0.29, 0.717) is 6.54 Å². The van der Waals surface area contributed by atoms with Crippen molar-refractivity contribution < 1.29 is 9.90 Å². The maximum absolute atomic E-state index is 11.1. The Hall–Kier alpha value is -0.870. The number of likely N-dealkylation sites (tertiary alicyclic amines) is 1. The number of carboxylic acid groups (broad SMARTS) is 1. The van der Waals surface area contributed by atoms with E-state index in [1.807, 2.05) is 19.1 Å². The van der Waals surface area contributed by atoms with Crippen LogP contribution in [0.15, 0.2) is 28.7 Å². The number of halogens is 1. The van der Waals surface area contributed by atoms with Gasteiger partial charge in [0.25, 0.3) is 0 Å². The van der Waals surface area contributed by atoms with Crippen molar-refractivity contribution in [1.29, 1.82) is 0 Å². The summed E-state index contributed by atoms with van der Waals surface area (Å²) in [6, 6.07) is 8.47. The van der Waals surface area contributed by atoms with Gasteiger partial charge in [0.15, 0.2) is 0 Å². The van der Waals surface area contributed by atoms with Crippen molar-refractivity contribution in [3.63, 3.8) is 0 Å². The van der Waals surface area contributed by atoms with Crippen LogP contribution >= 0.6 is 15.9 Å². The Balaban J connectivity index is 2.11. The van der Waals surface area contributed by atoms with Crippen molar-refractivity contribution in [1.82, 2.24) is 4.90 Å². The van der Waals surface area contributed by atoms with E-state index < -0.39 is 5.97 Å². The molecule has 3 nitrogen and oxygen atoms in total. The number of rotatable bonds is 3. The molecule has 1 aromatic carbocycles. The van der Waals surface area contributed by atoms with Crippen molar-refractivity contribution in [2.75, 3.05) is 13.1 Å². The van der Waals surface area contributed by atoms with Gasteiger partial charge in [0, 0.05) is 23.6 Å². The first-order valence-electron chi connectivity index (χ1n) is 6.21. The second-order valence-corrected chi connectivity index (χ2v) is 6.02. The molecule has 1 aromatic rings. The minimum atomic E-state index is -0.675. The third-order valence-corrected chi connectivity index (χ3v) is 4.33. The first-order chi connectivity index (χ1) is 8.49. The summed E-state index contributed by atoms with van der Waals surface area (Å²) in [4.78, 5) is 13.4. The van der Waals surface area contributed by atoms with E-state index in [2.05, 4.69) is 39.9 Å². The molecule has 2 rings (SSSR count). The van der Waals surface area contributed by atoms with E-state index in [9.17, 15) is 4.79 Å². The van der Waals surface area contributed by atoms with E-state index in [1.165, 1.54) is 5.56 Å². The van der Waals surface area contributed by atoms with Gasteiger partial charge in [-0.25, -0.2) is 0 Å². The van der Waals surface area contributed by atoms with Crippen LogP contribution in [0.1, 0.15) is 25.5 Å². The Labute approximate surface area is 116 Å². The monoisotopic (exact) mass is 311 g/mol. The number of hydrogen-bond acceptors (Lipinski definition) is 2. The van der Waals surface area contributed by atoms with Crippen LogP contribution in [-0.2, 0) is 4.79 Å². The van der Waals surface area contributed by atoms with Crippen LogP contribution in [0.2, 0.25) is 0 Å². The van der Waals surface area contributed by atoms with Crippen LogP contribution in [-0.4, -0.2) is 29.1 Å². The SMILES string of the molecule is CC(c1cccc(Br)c1)N1C[C@@H](C)[C@H](C(=O)O)C1. The predicted octanol–water partition coefficient (Wildman–Crippen LogP) is 3.16. The van der Waals surface area contributed by atoms with Gasteiger partial charge in [-0.15, -0.1) is 0 Å². The summed E-state index contributed by atoms with van der Waals surface area (Å²) in [6.07, 6.45) is 0. The van der Waals surface area contributed by atoms with Crippen molar-refractivity contribution >= 4 is 21.9 Å². The maximum atomic E-state index is 11.1. The lowest BCUT2D eigenvalue weighted by molar-refractivity contribution is -0.142. The molecule has 1 aliphatic rings. The molecule has 1 N–H and O–H groups in total. The topological polar surface area (TPSA) is 40.5 Å². The zero-order valence-corrected chi connectivity index (χ0v) is 12.2. The number of nitrogens with zero attached hydrogens (tertiary/aromatic N) is 1. The van der Waals surface area contributed by atoms with Crippen LogP contribution in [0.3, 0.4) is 0 Å². The largest absolute Gasteiger partial charge is 0.481 e. The van der Waals surface area contributed by atoms with Gasteiger partial charge in [0.05, 0.1) is 5.92 Å². The zero-order chi connectivity index (χ0) is 13.3. The summed E-state index contributed by atoms with van der Waals surface area (Å²) in [6.45, 7) is 5.65. The first kappa shape index (κ1) is 13.6. The van der Waals surface area contributed by atoms with Crippen LogP contribution in [0.25, 0.3) is 0 Å². The molecule has 0 saturated carbocycles. The van der Waals surface area contributed by atoms with Crippen LogP contribution < -0.4 is 0 Å². The van der Waals surface area contributed by atoms with Gasteiger partial charge in [-0.3, -0.25) is 9.69 Å².